The first-order valence-corrected chi connectivity index (χ1v) is 5.70. The molecule has 0 bridgehead atoms. The summed E-state index contributed by atoms with van der Waals surface area (Å²) >= 11 is 0. The van der Waals surface area contributed by atoms with Crippen LogP contribution in [0.4, 0.5) is 18.0 Å². The second-order valence-electron chi connectivity index (χ2n) is 4.87. The zero-order valence-corrected chi connectivity index (χ0v) is 11.7. The highest BCUT2D eigenvalue weighted by Crippen LogP contribution is 2.23. The largest absolute Gasteiger partial charge is 0.471 e. The van der Waals surface area contributed by atoms with Crippen LogP contribution in [0, 0.1) is 0 Å². The Labute approximate surface area is 142 Å². The van der Waals surface area contributed by atoms with E-state index in [1.165, 1.54) is 20.8 Å². The number of nitrogens with zero attached hydrogens (tertiary/aromatic N) is 2. The highest BCUT2D eigenvalue weighted by Gasteiger charge is 2.45. The summed E-state index contributed by atoms with van der Waals surface area (Å²) in [4.78, 5) is 22.4. The van der Waals surface area contributed by atoms with E-state index in [0.29, 0.717) is 0 Å². The van der Waals surface area contributed by atoms with Crippen LogP contribution >= 0.6 is 0 Å². The van der Waals surface area contributed by atoms with Gasteiger partial charge >= 0.3 is 18.2 Å². The molecule has 0 saturated carbocycles. The van der Waals surface area contributed by atoms with Gasteiger partial charge in [-0.1, -0.05) is 0 Å². The zero-order chi connectivity index (χ0) is 27.0. The molecule has 0 aliphatic carbocycles. The molecule has 1 heterocycles. The van der Waals surface area contributed by atoms with E-state index in [1.54, 1.807) is 0 Å². The third kappa shape index (κ3) is 5.04. The van der Waals surface area contributed by atoms with Crippen molar-refractivity contribution >= 4 is 12.0 Å². The van der Waals surface area contributed by atoms with Crippen molar-refractivity contribution in [2.75, 3.05) is 26.0 Å². The van der Waals surface area contributed by atoms with Gasteiger partial charge in [0.15, 0.2) is 0 Å². The molecule has 128 valence electrons. The van der Waals surface area contributed by atoms with E-state index in [0.717, 1.165) is 0 Å². The Morgan fingerprint density at radius 2 is 2.00 bits per heavy atom. The lowest BCUT2D eigenvalue weighted by Crippen LogP contribution is -2.59. The quantitative estimate of drug-likeness (QED) is 0.826. The zero-order valence-electron chi connectivity index (χ0n) is 22.7. The maximum Gasteiger partial charge on any atom is 0.471 e. The lowest BCUT2D eigenvalue weighted by atomic mass is 10.1. The summed E-state index contributed by atoms with van der Waals surface area (Å²) in [5.74, 6) is -3.39. The van der Waals surface area contributed by atoms with Crippen LogP contribution in [-0.4, -0.2) is 70.8 Å². The monoisotopic (exact) mass is 337 g/mol. The number of halogens is 3. The molecule has 1 saturated heterocycles. The number of aliphatic hydroxyl groups is 1. The minimum absolute atomic E-state index is 0.917. The fourth-order valence-corrected chi connectivity index (χ4v) is 1.15. The summed E-state index contributed by atoms with van der Waals surface area (Å²) in [5.41, 5.74) is -1.59. The minimum Gasteiger partial charge on any atom is -0.444 e. The van der Waals surface area contributed by atoms with Crippen molar-refractivity contribution in [2.45, 2.75) is 44.9 Å². The van der Waals surface area contributed by atoms with Crippen molar-refractivity contribution in [3.05, 3.63) is 0 Å². The predicted octanol–water partition coefficient (Wildman–Crippen LogP) is 1.38. The summed E-state index contributed by atoms with van der Waals surface area (Å²) in [7, 11) is 0. The van der Waals surface area contributed by atoms with Gasteiger partial charge in [0, 0.05) is 28.8 Å². The summed E-state index contributed by atoms with van der Waals surface area (Å²) in [6.45, 7) is -14.2. The second kappa shape index (κ2) is 6.72. The highest BCUT2D eigenvalue weighted by atomic mass is 19.4. The predicted molar refractivity (Wildman–Crippen MR) is 71.1 cm³/mol. The standard InChI is InChI=1S/C13H21F3N2O4/c1-12(2,3)22-11(21)18-6-5-17(8-9(18)4-7-19)10(20)13(14,15)16/h9,19H,4-8H2,1-3H3/i4D2,5D2,6D2,7D2,8D2,9D. The van der Waals surface area contributed by atoms with Gasteiger partial charge in [0.25, 0.3) is 0 Å². The van der Waals surface area contributed by atoms with Gasteiger partial charge in [0.05, 0.1) is 18.4 Å². The molecule has 0 radical (unpaired) electrons. The van der Waals surface area contributed by atoms with Crippen molar-refractivity contribution in [3.63, 3.8) is 0 Å². The topological polar surface area (TPSA) is 70.1 Å². The van der Waals surface area contributed by atoms with Crippen LogP contribution in [0.5, 0.6) is 0 Å². The van der Waals surface area contributed by atoms with Crippen LogP contribution < -0.4 is 0 Å². The molecule has 6 nitrogen and oxygen atoms in total. The average Bonchev–Trinajstić information content (AvgIpc) is 2.48. The first-order chi connectivity index (χ1) is 14.0. The third-order valence-electron chi connectivity index (χ3n) is 1.91. The van der Waals surface area contributed by atoms with Crippen molar-refractivity contribution in [1.82, 2.24) is 9.80 Å². The summed E-state index contributed by atoms with van der Waals surface area (Å²) in [5, 5.41) is 9.66. The Bertz CT molecular complexity index is 826. The molecule has 1 aliphatic rings. The van der Waals surface area contributed by atoms with Gasteiger partial charge in [-0.25, -0.2) is 4.79 Å². The summed E-state index contributed by atoms with van der Waals surface area (Å²) in [6, 6.07) is -4.59. The van der Waals surface area contributed by atoms with Crippen molar-refractivity contribution in [3.8, 4) is 0 Å². The molecular weight excluding hydrogens is 305 g/mol. The number of amides is 2. The van der Waals surface area contributed by atoms with Gasteiger partial charge in [-0.15, -0.1) is 0 Å². The molecule has 22 heavy (non-hydrogen) atoms. The molecule has 1 fully saturated rings. The molecule has 2 amide bonds. The molecule has 1 N–H and O–H groups in total. The molecule has 1 unspecified atom stereocenters. The van der Waals surface area contributed by atoms with E-state index in [4.69, 9.17) is 19.8 Å². The fraction of sp³-hybridized carbons (Fsp3) is 0.846. The Hall–Kier alpha value is -1.51. The first kappa shape index (κ1) is 7.85. The lowest BCUT2D eigenvalue weighted by Gasteiger charge is -2.41. The molecule has 0 aromatic heterocycles. The van der Waals surface area contributed by atoms with Gasteiger partial charge in [0.1, 0.15) is 5.60 Å². The van der Waals surface area contributed by atoms with Gasteiger partial charge in [0.2, 0.25) is 0 Å². The number of carbonyl (C=O) groups excluding carboxylic acids is 2. The number of hydrogen-bond donors (Lipinski definition) is 1. The van der Waals surface area contributed by atoms with Gasteiger partial charge < -0.3 is 19.6 Å². The van der Waals surface area contributed by atoms with Crippen LogP contribution in [0.3, 0.4) is 0 Å². The lowest BCUT2D eigenvalue weighted by molar-refractivity contribution is -0.188. The number of ether oxygens (including phenoxy) is 1. The van der Waals surface area contributed by atoms with E-state index in [2.05, 4.69) is 0 Å². The molecule has 1 aliphatic heterocycles. The summed E-state index contributed by atoms with van der Waals surface area (Å²) < 4.78 is 130. The Morgan fingerprint density at radius 3 is 2.45 bits per heavy atom. The Morgan fingerprint density at radius 1 is 1.41 bits per heavy atom. The van der Waals surface area contributed by atoms with Crippen LogP contribution in [0.15, 0.2) is 0 Å². The Balaban J connectivity index is 4.20. The molecule has 0 aromatic rings. The molecule has 0 spiro atoms. The Kier molecular flexibility index (Phi) is 2.40. The molecule has 1 rings (SSSR count). The van der Waals surface area contributed by atoms with E-state index in [-0.39, 0.29) is 0 Å². The first-order valence-electron chi connectivity index (χ1n) is 11.2. The van der Waals surface area contributed by atoms with Crippen molar-refractivity contribution in [2.24, 2.45) is 0 Å². The maximum atomic E-state index is 13.2. The molecular formula is C13H21F3N2O4. The highest BCUT2D eigenvalue weighted by molar-refractivity contribution is 5.82. The minimum atomic E-state index is -6.07. The van der Waals surface area contributed by atoms with Crippen molar-refractivity contribution in [1.29, 1.82) is 0 Å². The number of rotatable bonds is 2. The normalized spacial score (nSPS) is 39.0. The fourth-order valence-electron chi connectivity index (χ4n) is 1.15. The number of alkyl halides is 3. The van der Waals surface area contributed by atoms with Gasteiger partial charge in [-0.3, -0.25) is 4.79 Å². The van der Waals surface area contributed by atoms with Crippen molar-refractivity contribution < 1.29 is 47.7 Å². The SMILES string of the molecule is [2H]C([2H])(O)C([2H])([2H])C1([2H])N(C(=O)OC(C)(C)C)C([2H])([2H])C([2H])([2H])N(C(=O)C(F)(F)F)C1([2H])[2H]. The summed E-state index contributed by atoms with van der Waals surface area (Å²) in [6.07, 6.45) is -12.7. The molecule has 9 heteroatoms. The van der Waals surface area contributed by atoms with E-state index in [1.807, 2.05) is 0 Å². The third-order valence-corrected chi connectivity index (χ3v) is 1.91. The second-order valence-corrected chi connectivity index (χ2v) is 4.87. The smallest absolute Gasteiger partial charge is 0.444 e. The van der Waals surface area contributed by atoms with E-state index in [9.17, 15) is 27.9 Å². The van der Waals surface area contributed by atoms with Crippen LogP contribution in [0.25, 0.3) is 0 Å². The van der Waals surface area contributed by atoms with Crippen LogP contribution in [0.1, 0.15) is 42.2 Å². The van der Waals surface area contributed by atoms with Gasteiger partial charge in [-0.2, -0.15) is 13.2 Å². The average molecular weight is 337 g/mol. The van der Waals surface area contributed by atoms with Crippen LogP contribution in [0.2, 0.25) is 0 Å². The van der Waals surface area contributed by atoms with Crippen LogP contribution in [-0.2, 0) is 9.53 Å². The van der Waals surface area contributed by atoms with E-state index >= 15 is 0 Å². The maximum absolute atomic E-state index is 13.2. The number of carbonyl (C=O) groups is 2. The molecule has 0 aromatic carbocycles. The van der Waals surface area contributed by atoms with E-state index < -0.39 is 72.0 Å². The molecule has 1 atom stereocenters. The number of hydrogen-bond acceptors (Lipinski definition) is 4. The van der Waals surface area contributed by atoms with Gasteiger partial charge in [-0.05, 0) is 27.1 Å². The number of piperazine rings is 1.